The summed E-state index contributed by atoms with van der Waals surface area (Å²) in [6.07, 6.45) is 5.11. The van der Waals surface area contributed by atoms with Crippen LogP contribution in [0.3, 0.4) is 0 Å². The first-order valence-electron chi connectivity index (χ1n) is 9.59. The van der Waals surface area contributed by atoms with Gasteiger partial charge in [-0.1, -0.05) is 11.2 Å². The molecule has 0 unspecified atom stereocenters. The molecule has 0 radical (unpaired) electrons. The lowest BCUT2D eigenvalue weighted by Crippen LogP contribution is -2.44. The second-order valence-corrected chi connectivity index (χ2v) is 9.02. The lowest BCUT2D eigenvalue weighted by Gasteiger charge is -2.31. The highest BCUT2D eigenvalue weighted by molar-refractivity contribution is 7.89. The van der Waals surface area contributed by atoms with Crippen LogP contribution in [0.4, 0.5) is 0 Å². The standard InChI is InChI=1S/C20H24N4O4S/c1-14-15(2)22-28-20(14)18-5-6-19(27-18)29(25,26)23-17-7-10-24(11-8-17)13-16-4-3-9-21-12-16/h3-6,9,12,17,23H,7-8,10-11,13H2,1-2H3. The Labute approximate surface area is 170 Å². The summed E-state index contributed by atoms with van der Waals surface area (Å²) in [5.41, 5.74) is 2.74. The van der Waals surface area contributed by atoms with Crippen LogP contribution >= 0.6 is 0 Å². The van der Waals surface area contributed by atoms with Crippen molar-refractivity contribution >= 4 is 10.0 Å². The van der Waals surface area contributed by atoms with Gasteiger partial charge in [-0.15, -0.1) is 0 Å². The number of aromatic nitrogens is 2. The van der Waals surface area contributed by atoms with E-state index in [2.05, 4.69) is 19.8 Å². The van der Waals surface area contributed by atoms with Gasteiger partial charge < -0.3 is 8.94 Å². The Balaban J connectivity index is 1.37. The summed E-state index contributed by atoms with van der Waals surface area (Å²) in [5, 5.41) is 3.77. The quantitative estimate of drug-likeness (QED) is 0.659. The van der Waals surface area contributed by atoms with Crippen LogP contribution in [0.5, 0.6) is 0 Å². The average molecular weight is 417 g/mol. The Kier molecular flexibility index (Phi) is 5.53. The zero-order valence-electron chi connectivity index (χ0n) is 16.5. The van der Waals surface area contributed by atoms with Crippen molar-refractivity contribution in [3.05, 3.63) is 53.5 Å². The molecule has 0 spiro atoms. The number of hydrogen-bond donors (Lipinski definition) is 1. The summed E-state index contributed by atoms with van der Waals surface area (Å²) in [6.45, 7) is 6.15. The topological polar surface area (TPSA) is 101 Å². The van der Waals surface area contributed by atoms with Crippen molar-refractivity contribution in [2.45, 2.75) is 44.4 Å². The fraction of sp³-hybridized carbons (Fsp3) is 0.400. The molecule has 3 aromatic heterocycles. The van der Waals surface area contributed by atoms with E-state index in [1.54, 1.807) is 12.3 Å². The summed E-state index contributed by atoms with van der Waals surface area (Å²) in [7, 11) is -3.74. The van der Waals surface area contributed by atoms with E-state index >= 15 is 0 Å². The Bertz CT molecular complexity index is 1070. The van der Waals surface area contributed by atoms with E-state index in [1.165, 1.54) is 6.07 Å². The van der Waals surface area contributed by atoms with E-state index in [-0.39, 0.29) is 11.1 Å². The van der Waals surface area contributed by atoms with Gasteiger partial charge in [0.25, 0.3) is 10.0 Å². The zero-order valence-corrected chi connectivity index (χ0v) is 17.3. The maximum atomic E-state index is 12.7. The molecule has 0 aromatic carbocycles. The molecule has 0 saturated carbocycles. The number of sulfonamides is 1. The third-order valence-electron chi connectivity index (χ3n) is 5.27. The van der Waals surface area contributed by atoms with Crippen molar-refractivity contribution in [1.29, 1.82) is 0 Å². The van der Waals surface area contributed by atoms with Gasteiger partial charge in [-0.05, 0) is 50.5 Å². The second kappa shape index (κ2) is 8.10. The monoisotopic (exact) mass is 416 g/mol. The first kappa shape index (κ1) is 19.8. The number of likely N-dealkylation sites (tertiary alicyclic amines) is 1. The Morgan fingerprint density at radius 2 is 2.00 bits per heavy atom. The van der Waals surface area contributed by atoms with Crippen LogP contribution in [0.15, 0.2) is 50.7 Å². The Hall–Kier alpha value is -2.49. The first-order chi connectivity index (χ1) is 13.9. The van der Waals surface area contributed by atoms with Gasteiger partial charge in [0.05, 0.1) is 5.69 Å². The van der Waals surface area contributed by atoms with Gasteiger partial charge in [0, 0.05) is 43.6 Å². The van der Waals surface area contributed by atoms with Gasteiger partial charge in [-0.2, -0.15) is 0 Å². The highest BCUT2D eigenvalue weighted by Crippen LogP contribution is 2.29. The molecule has 1 N–H and O–H groups in total. The van der Waals surface area contributed by atoms with E-state index < -0.39 is 10.0 Å². The summed E-state index contributed by atoms with van der Waals surface area (Å²) >= 11 is 0. The smallest absolute Gasteiger partial charge is 0.274 e. The van der Waals surface area contributed by atoms with E-state index in [9.17, 15) is 8.42 Å². The molecule has 0 bridgehead atoms. The van der Waals surface area contributed by atoms with E-state index in [4.69, 9.17) is 8.94 Å². The first-order valence-corrected chi connectivity index (χ1v) is 11.1. The molecule has 3 aromatic rings. The van der Waals surface area contributed by atoms with Gasteiger partial charge >= 0.3 is 0 Å². The van der Waals surface area contributed by atoms with Gasteiger partial charge in [-0.3, -0.25) is 9.88 Å². The predicted molar refractivity (Wildman–Crippen MR) is 107 cm³/mol. The van der Waals surface area contributed by atoms with E-state index in [0.29, 0.717) is 11.5 Å². The number of nitrogens with zero attached hydrogens (tertiary/aromatic N) is 3. The second-order valence-electron chi connectivity index (χ2n) is 7.37. The van der Waals surface area contributed by atoms with Crippen LogP contribution in [-0.4, -0.2) is 42.6 Å². The van der Waals surface area contributed by atoms with Crippen LogP contribution in [0, 0.1) is 13.8 Å². The maximum absolute atomic E-state index is 12.7. The van der Waals surface area contributed by atoms with E-state index in [1.807, 2.05) is 32.2 Å². The third kappa shape index (κ3) is 4.42. The van der Waals surface area contributed by atoms with Gasteiger partial charge in [0.15, 0.2) is 5.76 Å². The SMILES string of the molecule is Cc1noc(-c2ccc(S(=O)(=O)NC3CCN(Cc4cccnc4)CC3)o2)c1C. The molecule has 1 aliphatic heterocycles. The molecule has 4 heterocycles. The lowest BCUT2D eigenvalue weighted by atomic mass is 10.1. The highest BCUT2D eigenvalue weighted by atomic mass is 32.2. The number of pyridine rings is 1. The lowest BCUT2D eigenvalue weighted by molar-refractivity contribution is 0.199. The summed E-state index contributed by atoms with van der Waals surface area (Å²) < 4.78 is 39.1. The Morgan fingerprint density at radius 3 is 2.66 bits per heavy atom. The number of hydrogen-bond acceptors (Lipinski definition) is 7. The molecule has 0 amide bonds. The van der Waals surface area contributed by atoms with Crippen LogP contribution in [0.1, 0.15) is 29.7 Å². The molecule has 29 heavy (non-hydrogen) atoms. The average Bonchev–Trinajstić information content (AvgIpc) is 3.32. The van der Waals surface area contributed by atoms with Crippen molar-refractivity contribution < 1.29 is 17.4 Å². The molecule has 1 aliphatic rings. The van der Waals surface area contributed by atoms with Crippen molar-refractivity contribution in [2.75, 3.05) is 13.1 Å². The van der Waals surface area contributed by atoms with Crippen molar-refractivity contribution in [1.82, 2.24) is 19.8 Å². The normalized spacial score (nSPS) is 16.3. The molecule has 1 saturated heterocycles. The summed E-state index contributed by atoms with van der Waals surface area (Å²) in [6, 6.07) is 6.90. The maximum Gasteiger partial charge on any atom is 0.274 e. The largest absolute Gasteiger partial charge is 0.440 e. The molecular weight excluding hydrogens is 392 g/mol. The molecule has 9 heteroatoms. The van der Waals surface area contributed by atoms with Gasteiger partial charge in [-0.25, -0.2) is 13.1 Å². The minimum atomic E-state index is -3.74. The molecule has 154 valence electrons. The van der Waals surface area contributed by atoms with Crippen molar-refractivity contribution in [2.24, 2.45) is 0 Å². The molecule has 0 aliphatic carbocycles. The van der Waals surface area contributed by atoms with Crippen LogP contribution in [0.2, 0.25) is 0 Å². The molecule has 1 fully saturated rings. The van der Waals surface area contributed by atoms with E-state index in [0.717, 1.165) is 49.3 Å². The third-order valence-corrected chi connectivity index (χ3v) is 6.66. The summed E-state index contributed by atoms with van der Waals surface area (Å²) in [4.78, 5) is 6.45. The fourth-order valence-electron chi connectivity index (χ4n) is 3.47. The minimum Gasteiger partial charge on any atom is -0.440 e. The van der Waals surface area contributed by atoms with Crippen molar-refractivity contribution in [3.63, 3.8) is 0 Å². The molecule has 0 atom stereocenters. The van der Waals surface area contributed by atoms with Crippen LogP contribution < -0.4 is 4.72 Å². The van der Waals surface area contributed by atoms with Crippen LogP contribution in [0.25, 0.3) is 11.5 Å². The minimum absolute atomic E-state index is 0.112. The van der Waals surface area contributed by atoms with Gasteiger partial charge in [0.1, 0.15) is 0 Å². The van der Waals surface area contributed by atoms with Crippen LogP contribution in [-0.2, 0) is 16.6 Å². The Morgan fingerprint density at radius 1 is 1.21 bits per heavy atom. The van der Waals surface area contributed by atoms with Gasteiger partial charge in [0.2, 0.25) is 10.9 Å². The fourth-order valence-corrected chi connectivity index (χ4v) is 4.71. The number of rotatable bonds is 6. The number of aryl methyl sites for hydroxylation is 1. The molecular formula is C20H24N4O4S. The number of furan rings is 1. The predicted octanol–water partition coefficient (Wildman–Crippen LogP) is 2.89. The summed E-state index contributed by atoms with van der Waals surface area (Å²) in [5.74, 6) is 0.808. The molecule has 8 nitrogen and oxygen atoms in total. The number of nitrogens with one attached hydrogen (secondary N) is 1. The number of piperidine rings is 1. The highest BCUT2D eigenvalue weighted by Gasteiger charge is 2.27. The van der Waals surface area contributed by atoms with Crippen molar-refractivity contribution in [3.8, 4) is 11.5 Å². The zero-order chi connectivity index (χ0) is 20.4. The molecule has 4 rings (SSSR count).